The zero-order chi connectivity index (χ0) is 12.8. The van der Waals surface area contributed by atoms with Gasteiger partial charge in [0, 0.05) is 12.8 Å². The molecule has 1 fully saturated rings. The maximum atomic E-state index is 11.8. The average Bonchev–Trinajstić information content (AvgIpc) is 2.84. The van der Waals surface area contributed by atoms with Gasteiger partial charge < -0.3 is 0 Å². The molecule has 0 spiro atoms. The van der Waals surface area contributed by atoms with Crippen molar-refractivity contribution in [2.45, 2.75) is 56.7 Å². The lowest BCUT2D eigenvalue weighted by molar-refractivity contribution is 0.387. The molecule has 0 radical (unpaired) electrons. The van der Waals surface area contributed by atoms with E-state index in [-0.39, 0.29) is 5.25 Å². The molecule has 5 nitrogen and oxygen atoms in total. The van der Waals surface area contributed by atoms with Crippen LogP contribution < -0.4 is 0 Å². The van der Waals surface area contributed by atoms with E-state index in [0.717, 1.165) is 37.9 Å². The lowest BCUT2D eigenvalue weighted by Crippen LogP contribution is -2.19. The van der Waals surface area contributed by atoms with Gasteiger partial charge in [-0.1, -0.05) is 0 Å². The van der Waals surface area contributed by atoms with E-state index in [1.54, 1.807) is 0 Å². The molecule has 1 saturated heterocycles. The summed E-state index contributed by atoms with van der Waals surface area (Å²) in [7, 11) is -2.89. The molecule has 0 bridgehead atoms. The van der Waals surface area contributed by atoms with Crippen LogP contribution in [0.1, 0.15) is 50.3 Å². The molecule has 1 aromatic rings. The van der Waals surface area contributed by atoms with E-state index < -0.39 is 9.84 Å². The number of aromatic nitrogens is 3. The average molecular weight is 269 g/mol. The van der Waals surface area contributed by atoms with Crippen LogP contribution in [0, 0.1) is 0 Å². The summed E-state index contributed by atoms with van der Waals surface area (Å²) in [4.78, 5) is 4.52. The maximum absolute atomic E-state index is 11.8. The molecule has 0 amide bonds. The fourth-order valence-corrected chi connectivity index (χ4v) is 4.81. The number of fused-ring (bicyclic) bond motifs is 1. The summed E-state index contributed by atoms with van der Waals surface area (Å²) >= 11 is 0. The third kappa shape index (κ3) is 2.06. The number of hydrogen-bond donors (Lipinski definition) is 0. The van der Waals surface area contributed by atoms with Crippen molar-refractivity contribution in [3.05, 3.63) is 11.6 Å². The van der Waals surface area contributed by atoms with E-state index in [1.165, 1.54) is 0 Å². The molecule has 100 valence electrons. The molecule has 2 aliphatic heterocycles. The molecule has 0 aliphatic carbocycles. The topological polar surface area (TPSA) is 64.8 Å². The van der Waals surface area contributed by atoms with Crippen LogP contribution in [0.4, 0.5) is 0 Å². The molecular formula is C12H19N3O2S. The fourth-order valence-electron chi connectivity index (χ4n) is 2.98. The van der Waals surface area contributed by atoms with Crippen molar-refractivity contribution < 1.29 is 8.42 Å². The van der Waals surface area contributed by atoms with Crippen LogP contribution in [0.3, 0.4) is 0 Å². The highest BCUT2D eigenvalue weighted by Gasteiger charge is 2.33. The van der Waals surface area contributed by atoms with Crippen LogP contribution in [0.2, 0.25) is 0 Å². The Balaban J connectivity index is 1.82. The van der Waals surface area contributed by atoms with Gasteiger partial charge in [-0.15, -0.1) is 0 Å². The molecule has 18 heavy (non-hydrogen) atoms. The largest absolute Gasteiger partial charge is 0.247 e. The van der Waals surface area contributed by atoms with E-state index >= 15 is 0 Å². The van der Waals surface area contributed by atoms with Gasteiger partial charge in [-0.3, -0.25) is 0 Å². The van der Waals surface area contributed by atoms with E-state index in [0.29, 0.717) is 24.0 Å². The second-order valence-electron chi connectivity index (χ2n) is 5.47. The Bertz CT molecular complexity index is 550. The normalized spacial score (nSPS) is 30.3. The summed E-state index contributed by atoms with van der Waals surface area (Å²) in [5.74, 6) is 2.08. The summed E-state index contributed by atoms with van der Waals surface area (Å²) in [5, 5.41) is 4.25. The monoisotopic (exact) mass is 269 g/mol. The van der Waals surface area contributed by atoms with Gasteiger partial charge in [-0.25, -0.2) is 18.1 Å². The minimum atomic E-state index is -2.89. The highest BCUT2D eigenvalue weighted by atomic mass is 32.2. The summed E-state index contributed by atoms with van der Waals surface area (Å²) < 4.78 is 25.6. The van der Waals surface area contributed by atoms with Crippen molar-refractivity contribution in [2.75, 3.05) is 5.75 Å². The van der Waals surface area contributed by atoms with Crippen molar-refractivity contribution >= 4 is 9.84 Å². The first-order chi connectivity index (χ1) is 8.56. The Morgan fingerprint density at radius 3 is 2.83 bits per heavy atom. The van der Waals surface area contributed by atoms with E-state index in [4.69, 9.17) is 0 Å². The Morgan fingerprint density at radius 1 is 1.33 bits per heavy atom. The van der Waals surface area contributed by atoms with Crippen LogP contribution >= 0.6 is 0 Å². The Hall–Kier alpha value is -0.910. The number of hydrogen-bond acceptors (Lipinski definition) is 4. The lowest BCUT2D eigenvalue weighted by atomic mass is 10.1. The number of nitrogens with zero attached hydrogens (tertiary/aromatic N) is 3. The predicted molar refractivity (Wildman–Crippen MR) is 68.2 cm³/mol. The standard InChI is InChI=1S/C12H19N3O2S/c1-9-4-2-6-12-13-11(14-15(9)12)8-10-5-3-7-18(10,16)17/h9-10H,2-8H2,1H3. The van der Waals surface area contributed by atoms with Gasteiger partial charge in [-0.05, 0) is 32.6 Å². The molecule has 2 aliphatic rings. The first-order valence-corrected chi connectivity index (χ1v) is 8.43. The van der Waals surface area contributed by atoms with Crippen molar-refractivity contribution in [3.63, 3.8) is 0 Å². The van der Waals surface area contributed by atoms with E-state index in [1.807, 2.05) is 4.68 Å². The number of rotatable bonds is 2. The molecule has 3 heterocycles. The molecule has 6 heteroatoms. The van der Waals surface area contributed by atoms with Gasteiger partial charge >= 0.3 is 0 Å². The second-order valence-corrected chi connectivity index (χ2v) is 7.87. The Kier molecular flexibility index (Phi) is 2.92. The third-order valence-corrected chi connectivity index (χ3v) is 6.33. The number of sulfone groups is 1. The van der Waals surface area contributed by atoms with Crippen LogP contribution in [-0.4, -0.2) is 34.2 Å². The predicted octanol–water partition coefficient (Wildman–Crippen LogP) is 1.30. The smallest absolute Gasteiger partial charge is 0.153 e. The first-order valence-electron chi connectivity index (χ1n) is 6.72. The molecule has 0 saturated carbocycles. The zero-order valence-electron chi connectivity index (χ0n) is 10.7. The molecule has 0 aromatic carbocycles. The van der Waals surface area contributed by atoms with Crippen molar-refractivity contribution in [2.24, 2.45) is 0 Å². The highest BCUT2D eigenvalue weighted by molar-refractivity contribution is 7.92. The summed E-state index contributed by atoms with van der Waals surface area (Å²) in [5.41, 5.74) is 0. The molecular weight excluding hydrogens is 250 g/mol. The fraction of sp³-hybridized carbons (Fsp3) is 0.833. The van der Waals surface area contributed by atoms with Gasteiger partial charge in [-0.2, -0.15) is 5.10 Å². The van der Waals surface area contributed by atoms with E-state index in [2.05, 4.69) is 17.0 Å². The first kappa shape index (κ1) is 12.1. The molecule has 0 N–H and O–H groups in total. The zero-order valence-corrected chi connectivity index (χ0v) is 11.5. The number of aryl methyl sites for hydroxylation is 1. The van der Waals surface area contributed by atoms with Gasteiger partial charge in [0.2, 0.25) is 0 Å². The third-order valence-electron chi connectivity index (χ3n) is 4.06. The van der Waals surface area contributed by atoms with Crippen LogP contribution in [0.5, 0.6) is 0 Å². The Morgan fingerprint density at radius 2 is 2.17 bits per heavy atom. The SMILES string of the molecule is CC1CCCc2nc(CC3CCCS3(=O)=O)nn21. The van der Waals surface area contributed by atoms with Gasteiger partial charge in [0.25, 0.3) is 0 Å². The van der Waals surface area contributed by atoms with E-state index in [9.17, 15) is 8.42 Å². The minimum absolute atomic E-state index is 0.253. The molecule has 2 atom stereocenters. The highest BCUT2D eigenvalue weighted by Crippen LogP contribution is 2.25. The van der Waals surface area contributed by atoms with Crippen LogP contribution in [0.15, 0.2) is 0 Å². The maximum Gasteiger partial charge on any atom is 0.153 e. The Labute approximate surface area is 108 Å². The van der Waals surface area contributed by atoms with Gasteiger partial charge in [0.1, 0.15) is 5.82 Å². The van der Waals surface area contributed by atoms with Gasteiger partial charge in [0.05, 0.1) is 17.0 Å². The quantitative estimate of drug-likeness (QED) is 0.811. The summed E-state index contributed by atoms with van der Waals surface area (Å²) in [6, 6.07) is 0.398. The molecule has 1 aromatic heterocycles. The van der Waals surface area contributed by atoms with Crippen LogP contribution in [-0.2, 0) is 22.7 Å². The van der Waals surface area contributed by atoms with Crippen molar-refractivity contribution in [1.82, 2.24) is 14.8 Å². The molecule has 2 unspecified atom stereocenters. The summed E-state index contributed by atoms with van der Waals surface area (Å²) in [6.45, 7) is 2.15. The second kappa shape index (κ2) is 4.33. The van der Waals surface area contributed by atoms with Crippen molar-refractivity contribution in [3.8, 4) is 0 Å². The minimum Gasteiger partial charge on any atom is -0.247 e. The van der Waals surface area contributed by atoms with Crippen LogP contribution in [0.25, 0.3) is 0 Å². The lowest BCUT2D eigenvalue weighted by Gasteiger charge is -2.18. The van der Waals surface area contributed by atoms with Gasteiger partial charge in [0.15, 0.2) is 15.7 Å². The molecule has 3 rings (SSSR count). The van der Waals surface area contributed by atoms with Crippen molar-refractivity contribution in [1.29, 1.82) is 0 Å². The summed E-state index contributed by atoms with van der Waals surface area (Å²) in [6.07, 6.45) is 5.31.